The van der Waals surface area contributed by atoms with Gasteiger partial charge in [0.15, 0.2) is 5.76 Å². The summed E-state index contributed by atoms with van der Waals surface area (Å²) < 4.78 is 4.84. The summed E-state index contributed by atoms with van der Waals surface area (Å²) in [7, 11) is 1.54. The molecule has 0 aromatic carbocycles. The maximum absolute atomic E-state index is 10.5. The van der Waals surface area contributed by atoms with E-state index in [-0.39, 0.29) is 17.0 Å². The molecule has 0 radical (unpaired) electrons. The van der Waals surface area contributed by atoms with Gasteiger partial charge < -0.3 is 15.3 Å². The largest absolute Gasteiger partial charge is 0.477 e. The van der Waals surface area contributed by atoms with Gasteiger partial charge in [-0.05, 0) is 0 Å². The van der Waals surface area contributed by atoms with Gasteiger partial charge in [-0.2, -0.15) is 0 Å². The number of furan rings is 1. The van der Waals surface area contributed by atoms with Crippen molar-refractivity contribution in [2.24, 2.45) is 4.99 Å². The predicted molar refractivity (Wildman–Crippen MR) is 43.6 cm³/mol. The molecular formula is C7H8N2O3. The highest BCUT2D eigenvalue weighted by atomic mass is 16.4. The van der Waals surface area contributed by atoms with Crippen molar-refractivity contribution in [2.45, 2.75) is 0 Å². The summed E-state index contributed by atoms with van der Waals surface area (Å²) >= 11 is 0. The third-order valence-electron chi connectivity index (χ3n) is 1.34. The fraction of sp³-hybridized carbons (Fsp3) is 0.143. The lowest BCUT2D eigenvalue weighted by Gasteiger charge is -1.89. The predicted octanol–water partition coefficient (Wildman–Crippen LogP) is 0.609. The number of carboxylic acids is 1. The highest BCUT2D eigenvalue weighted by Gasteiger charge is 2.14. The first-order valence-corrected chi connectivity index (χ1v) is 3.19. The van der Waals surface area contributed by atoms with Gasteiger partial charge in [0.25, 0.3) is 0 Å². The topological polar surface area (TPSA) is 88.8 Å². The highest BCUT2D eigenvalue weighted by Crippen LogP contribution is 2.17. The quantitative estimate of drug-likeness (QED) is 0.633. The smallest absolute Gasteiger partial charge is 0.341 e. The van der Waals surface area contributed by atoms with Gasteiger partial charge >= 0.3 is 5.97 Å². The molecule has 1 heterocycles. The standard InChI is InChI=1S/C7H8N2O3/c1-9-2-5-6(8)4(3-12-5)7(10)11/h2-3H,8H2,1H3,(H,10,11). The minimum atomic E-state index is -1.10. The van der Waals surface area contributed by atoms with Crippen LogP contribution in [0, 0.1) is 0 Å². The highest BCUT2D eigenvalue weighted by molar-refractivity contribution is 5.98. The van der Waals surface area contributed by atoms with E-state index in [0.717, 1.165) is 6.26 Å². The number of carboxylic acid groups (broad SMARTS) is 1. The Hall–Kier alpha value is -1.78. The summed E-state index contributed by atoms with van der Waals surface area (Å²) in [6, 6.07) is 0. The lowest BCUT2D eigenvalue weighted by Crippen LogP contribution is -1.99. The normalized spacial score (nSPS) is 10.8. The zero-order valence-corrected chi connectivity index (χ0v) is 6.44. The van der Waals surface area contributed by atoms with Crippen molar-refractivity contribution in [1.82, 2.24) is 0 Å². The first kappa shape index (κ1) is 8.32. The lowest BCUT2D eigenvalue weighted by atomic mass is 10.2. The SMILES string of the molecule is CN=Cc1occ(C(=O)O)c1N. The molecule has 0 fully saturated rings. The van der Waals surface area contributed by atoms with Gasteiger partial charge in [0, 0.05) is 7.05 Å². The maximum atomic E-state index is 10.5. The van der Waals surface area contributed by atoms with Crippen LogP contribution < -0.4 is 5.73 Å². The van der Waals surface area contributed by atoms with Crippen LogP contribution >= 0.6 is 0 Å². The lowest BCUT2D eigenvalue weighted by molar-refractivity contribution is 0.0697. The molecule has 0 amide bonds. The Morgan fingerprint density at radius 2 is 2.50 bits per heavy atom. The van der Waals surface area contributed by atoms with Crippen molar-refractivity contribution >= 4 is 17.9 Å². The molecule has 0 saturated carbocycles. The number of carbonyl (C=O) groups is 1. The second-order valence-corrected chi connectivity index (χ2v) is 2.12. The number of aromatic carboxylic acids is 1. The molecule has 0 unspecified atom stereocenters. The van der Waals surface area contributed by atoms with E-state index < -0.39 is 5.97 Å². The molecular weight excluding hydrogens is 160 g/mol. The Balaban J connectivity index is 3.12. The Morgan fingerprint density at radius 1 is 1.83 bits per heavy atom. The van der Waals surface area contributed by atoms with E-state index in [1.54, 1.807) is 7.05 Å². The van der Waals surface area contributed by atoms with Crippen molar-refractivity contribution in [2.75, 3.05) is 12.8 Å². The molecule has 0 saturated heterocycles. The number of nitrogens with two attached hydrogens (primary N) is 1. The number of nitrogens with zero attached hydrogens (tertiary/aromatic N) is 1. The molecule has 0 bridgehead atoms. The summed E-state index contributed by atoms with van der Waals surface area (Å²) in [5, 5.41) is 8.56. The molecule has 0 aliphatic carbocycles. The molecule has 0 atom stereocenters. The van der Waals surface area contributed by atoms with Crippen LogP contribution in [-0.2, 0) is 0 Å². The molecule has 5 nitrogen and oxygen atoms in total. The molecule has 0 spiro atoms. The fourth-order valence-electron chi connectivity index (χ4n) is 0.765. The van der Waals surface area contributed by atoms with E-state index in [2.05, 4.69) is 4.99 Å². The summed E-state index contributed by atoms with van der Waals surface area (Å²) in [4.78, 5) is 14.1. The van der Waals surface area contributed by atoms with Gasteiger partial charge in [-0.25, -0.2) is 4.79 Å². The molecule has 1 rings (SSSR count). The van der Waals surface area contributed by atoms with Crippen LogP contribution in [0.5, 0.6) is 0 Å². The zero-order chi connectivity index (χ0) is 9.14. The first-order valence-electron chi connectivity index (χ1n) is 3.19. The van der Waals surface area contributed by atoms with Crippen molar-refractivity contribution < 1.29 is 14.3 Å². The Bertz CT molecular complexity index is 327. The van der Waals surface area contributed by atoms with E-state index in [9.17, 15) is 4.79 Å². The van der Waals surface area contributed by atoms with Crippen molar-refractivity contribution in [3.05, 3.63) is 17.6 Å². The minimum Gasteiger partial charge on any atom is -0.477 e. The van der Waals surface area contributed by atoms with Crippen LogP contribution in [0.1, 0.15) is 16.1 Å². The molecule has 64 valence electrons. The van der Waals surface area contributed by atoms with Crippen LogP contribution in [0.25, 0.3) is 0 Å². The monoisotopic (exact) mass is 168 g/mol. The van der Waals surface area contributed by atoms with Crippen LogP contribution in [0.15, 0.2) is 15.7 Å². The van der Waals surface area contributed by atoms with Crippen molar-refractivity contribution in [3.63, 3.8) is 0 Å². The zero-order valence-electron chi connectivity index (χ0n) is 6.44. The van der Waals surface area contributed by atoms with Gasteiger partial charge in [-0.1, -0.05) is 0 Å². The van der Waals surface area contributed by atoms with Crippen molar-refractivity contribution in [3.8, 4) is 0 Å². The van der Waals surface area contributed by atoms with Gasteiger partial charge in [-0.15, -0.1) is 0 Å². The average molecular weight is 168 g/mol. The number of aliphatic imine (C=N–C) groups is 1. The average Bonchev–Trinajstić information content (AvgIpc) is 2.34. The molecule has 0 aliphatic rings. The van der Waals surface area contributed by atoms with Gasteiger partial charge in [-0.3, -0.25) is 4.99 Å². The van der Waals surface area contributed by atoms with E-state index in [0.29, 0.717) is 0 Å². The van der Waals surface area contributed by atoms with E-state index in [1.165, 1.54) is 6.21 Å². The number of anilines is 1. The second-order valence-electron chi connectivity index (χ2n) is 2.12. The summed E-state index contributed by atoms with van der Waals surface area (Å²) in [6.07, 6.45) is 2.45. The number of hydrogen-bond donors (Lipinski definition) is 2. The summed E-state index contributed by atoms with van der Waals surface area (Å²) in [5.41, 5.74) is 5.49. The minimum absolute atomic E-state index is 0.0371. The van der Waals surface area contributed by atoms with Crippen LogP contribution in [-0.4, -0.2) is 24.3 Å². The number of nitrogen functional groups attached to an aromatic ring is 1. The van der Waals surface area contributed by atoms with E-state index in [1.807, 2.05) is 0 Å². The van der Waals surface area contributed by atoms with Crippen LogP contribution in [0.3, 0.4) is 0 Å². The molecule has 3 N–H and O–H groups in total. The third kappa shape index (κ3) is 1.29. The Kier molecular flexibility index (Phi) is 2.14. The van der Waals surface area contributed by atoms with E-state index >= 15 is 0 Å². The van der Waals surface area contributed by atoms with E-state index in [4.69, 9.17) is 15.3 Å². The third-order valence-corrected chi connectivity index (χ3v) is 1.34. The number of rotatable bonds is 2. The van der Waals surface area contributed by atoms with Crippen LogP contribution in [0.2, 0.25) is 0 Å². The molecule has 1 aromatic heterocycles. The number of hydrogen-bond acceptors (Lipinski definition) is 4. The summed E-state index contributed by atoms with van der Waals surface area (Å²) in [5.74, 6) is -0.832. The van der Waals surface area contributed by atoms with Crippen LogP contribution in [0.4, 0.5) is 5.69 Å². The molecule has 5 heteroatoms. The van der Waals surface area contributed by atoms with Gasteiger partial charge in [0.05, 0.1) is 11.9 Å². The van der Waals surface area contributed by atoms with Crippen molar-refractivity contribution in [1.29, 1.82) is 0 Å². The second kappa shape index (κ2) is 3.08. The molecule has 12 heavy (non-hydrogen) atoms. The van der Waals surface area contributed by atoms with Gasteiger partial charge in [0.2, 0.25) is 0 Å². The Morgan fingerprint density at radius 3 is 2.92 bits per heavy atom. The first-order chi connectivity index (χ1) is 5.66. The molecule has 0 aliphatic heterocycles. The van der Waals surface area contributed by atoms with Gasteiger partial charge in [0.1, 0.15) is 11.8 Å². The maximum Gasteiger partial charge on any atom is 0.341 e. The molecule has 1 aromatic rings. The Labute approximate surface area is 68.5 Å². The fourth-order valence-corrected chi connectivity index (χ4v) is 0.765. The summed E-state index contributed by atoms with van der Waals surface area (Å²) in [6.45, 7) is 0.